The van der Waals surface area contributed by atoms with Crippen LogP contribution in [-0.4, -0.2) is 26.0 Å². The molecule has 0 radical (unpaired) electrons. The zero-order chi connectivity index (χ0) is 18.9. The molecule has 6 nitrogen and oxygen atoms in total. The zero-order valence-electron chi connectivity index (χ0n) is 14.7. The molecule has 0 aliphatic carbocycles. The predicted octanol–water partition coefficient (Wildman–Crippen LogP) is 2.87. The number of aliphatic hydroxyl groups excluding tert-OH is 1. The fourth-order valence-electron chi connectivity index (χ4n) is 2.53. The average Bonchev–Trinajstić information content (AvgIpc) is 2.72. The highest BCUT2D eigenvalue weighted by Gasteiger charge is 2.08. The van der Waals surface area contributed by atoms with Crippen molar-refractivity contribution in [3.05, 3.63) is 95.5 Å². The molecule has 27 heavy (non-hydrogen) atoms. The van der Waals surface area contributed by atoms with Gasteiger partial charge in [0.25, 0.3) is 5.91 Å². The van der Waals surface area contributed by atoms with Gasteiger partial charge in [-0.1, -0.05) is 36.4 Å². The molecule has 0 atom stereocenters. The standard InChI is InChI=1S/C21H20N4O2/c26-20(21(27)23-14-17-7-4-10-22-13-17)12-19-11-18(24-15-25-19)9-8-16-5-2-1-3-6-16/h1-7,10-13,15,26H,8-9,14H2,(H,23,27)/b20-12-. The second-order valence-electron chi connectivity index (χ2n) is 5.99. The number of aryl methyl sites for hydroxylation is 2. The molecule has 0 spiro atoms. The Balaban J connectivity index is 1.59. The monoisotopic (exact) mass is 360 g/mol. The van der Waals surface area contributed by atoms with E-state index in [9.17, 15) is 9.90 Å². The van der Waals surface area contributed by atoms with E-state index >= 15 is 0 Å². The molecule has 0 fully saturated rings. The lowest BCUT2D eigenvalue weighted by Crippen LogP contribution is -2.24. The fourth-order valence-corrected chi connectivity index (χ4v) is 2.53. The van der Waals surface area contributed by atoms with Crippen LogP contribution in [0.1, 0.15) is 22.5 Å². The van der Waals surface area contributed by atoms with Gasteiger partial charge in [0.05, 0.1) is 5.69 Å². The summed E-state index contributed by atoms with van der Waals surface area (Å²) >= 11 is 0. The van der Waals surface area contributed by atoms with E-state index < -0.39 is 11.7 Å². The van der Waals surface area contributed by atoms with Crippen LogP contribution in [0.25, 0.3) is 6.08 Å². The van der Waals surface area contributed by atoms with Crippen LogP contribution < -0.4 is 5.32 Å². The molecule has 0 aliphatic rings. The van der Waals surface area contributed by atoms with Crippen molar-refractivity contribution < 1.29 is 9.90 Å². The van der Waals surface area contributed by atoms with Crippen LogP contribution in [0.4, 0.5) is 0 Å². The minimum atomic E-state index is -0.566. The third-order valence-corrected chi connectivity index (χ3v) is 3.95. The molecule has 1 amide bonds. The molecular formula is C21H20N4O2. The van der Waals surface area contributed by atoms with Crippen LogP contribution >= 0.6 is 0 Å². The quantitative estimate of drug-likeness (QED) is 0.500. The smallest absolute Gasteiger partial charge is 0.286 e. The van der Waals surface area contributed by atoms with Gasteiger partial charge in [0.1, 0.15) is 6.33 Å². The summed E-state index contributed by atoms with van der Waals surface area (Å²) in [6.07, 6.45) is 7.71. The molecule has 3 aromatic rings. The van der Waals surface area contributed by atoms with E-state index in [1.54, 1.807) is 24.5 Å². The number of carbonyl (C=O) groups excluding carboxylic acids is 1. The molecule has 0 saturated heterocycles. The predicted molar refractivity (Wildman–Crippen MR) is 103 cm³/mol. The molecule has 2 aromatic heterocycles. The van der Waals surface area contributed by atoms with Gasteiger partial charge in [-0.2, -0.15) is 0 Å². The highest BCUT2D eigenvalue weighted by Crippen LogP contribution is 2.08. The summed E-state index contributed by atoms with van der Waals surface area (Å²) < 4.78 is 0. The van der Waals surface area contributed by atoms with Crippen LogP contribution in [0.5, 0.6) is 0 Å². The number of pyridine rings is 1. The highest BCUT2D eigenvalue weighted by molar-refractivity contribution is 5.95. The average molecular weight is 360 g/mol. The minimum Gasteiger partial charge on any atom is -0.503 e. The summed E-state index contributed by atoms with van der Waals surface area (Å²) in [5, 5.41) is 12.7. The summed E-state index contributed by atoms with van der Waals surface area (Å²) in [4.78, 5) is 24.4. The van der Waals surface area contributed by atoms with Crippen molar-refractivity contribution in [2.75, 3.05) is 0 Å². The van der Waals surface area contributed by atoms with Crippen LogP contribution in [0.2, 0.25) is 0 Å². The van der Waals surface area contributed by atoms with E-state index in [0.29, 0.717) is 5.69 Å². The van der Waals surface area contributed by atoms with Gasteiger partial charge in [-0.25, -0.2) is 9.97 Å². The van der Waals surface area contributed by atoms with E-state index in [-0.39, 0.29) is 6.54 Å². The van der Waals surface area contributed by atoms with E-state index in [0.717, 1.165) is 24.1 Å². The molecule has 0 aliphatic heterocycles. The number of aromatic nitrogens is 3. The van der Waals surface area contributed by atoms with Crippen molar-refractivity contribution in [2.45, 2.75) is 19.4 Å². The Kier molecular flexibility index (Phi) is 6.25. The molecule has 2 N–H and O–H groups in total. The third-order valence-electron chi connectivity index (χ3n) is 3.95. The van der Waals surface area contributed by atoms with Gasteiger partial charge in [0.2, 0.25) is 0 Å². The van der Waals surface area contributed by atoms with Gasteiger partial charge in [0, 0.05) is 30.7 Å². The maximum Gasteiger partial charge on any atom is 0.286 e. The largest absolute Gasteiger partial charge is 0.503 e. The molecule has 0 bridgehead atoms. The summed E-state index contributed by atoms with van der Waals surface area (Å²) in [5.41, 5.74) is 3.42. The molecular weight excluding hydrogens is 340 g/mol. The number of rotatable bonds is 7. The Morgan fingerprint density at radius 3 is 2.63 bits per heavy atom. The topological polar surface area (TPSA) is 88.0 Å². The number of nitrogens with one attached hydrogen (secondary N) is 1. The van der Waals surface area contributed by atoms with Gasteiger partial charge < -0.3 is 10.4 Å². The van der Waals surface area contributed by atoms with E-state index in [4.69, 9.17) is 0 Å². The summed E-state index contributed by atoms with van der Waals surface area (Å²) in [5.74, 6) is -0.963. The van der Waals surface area contributed by atoms with Crippen molar-refractivity contribution >= 4 is 12.0 Å². The molecule has 3 rings (SSSR count). The number of carbonyl (C=O) groups is 1. The van der Waals surface area contributed by atoms with Crippen LogP contribution in [0.3, 0.4) is 0 Å². The van der Waals surface area contributed by atoms with Crippen molar-refractivity contribution in [3.63, 3.8) is 0 Å². The van der Waals surface area contributed by atoms with Gasteiger partial charge in [0.15, 0.2) is 5.76 Å². The maximum atomic E-state index is 12.0. The first kappa shape index (κ1) is 18.3. The molecule has 136 valence electrons. The molecule has 0 unspecified atom stereocenters. The van der Waals surface area contributed by atoms with Gasteiger partial charge >= 0.3 is 0 Å². The number of hydrogen-bond acceptors (Lipinski definition) is 5. The minimum absolute atomic E-state index is 0.288. The molecule has 1 aromatic carbocycles. The van der Waals surface area contributed by atoms with Crippen molar-refractivity contribution in [1.82, 2.24) is 20.3 Å². The third kappa shape index (κ3) is 5.74. The van der Waals surface area contributed by atoms with Crippen LogP contribution in [0.15, 0.2) is 73.0 Å². The second kappa shape index (κ2) is 9.24. The lowest BCUT2D eigenvalue weighted by molar-refractivity contribution is -0.119. The number of nitrogens with zero attached hydrogens (tertiary/aromatic N) is 3. The maximum absolute atomic E-state index is 12.0. The number of benzene rings is 1. The first-order valence-corrected chi connectivity index (χ1v) is 8.63. The van der Waals surface area contributed by atoms with Crippen molar-refractivity contribution in [1.29, 1.82) is 0 Å². The molecule has 2 heterocycles. The first-order valence-electron chi connectivity index (χ1n) is 8.63. The van der Waals surface area contributed by atoms with E-state index in [2.05, 4.69) is 32.4 Å². The van der Waals surface area contributed by atoms with Crippen molar-refractivity contribution in [3.8, 4) is 0 Å². The fraction of sp³-hybridized carbons (Fsp3) is 0.143. The number of aliphatic hydroxyl groups is 1. The van der Waals surface area contributed by atoms with Crippen LogP contribution in [-0.2, 0) is 24.2 Å². The molecule has 6 heteroatoms. The van der Waals surface area contributed by atoms with E-state index in [1.807, 2.05) is 24.3 Å². The van der Waals surface area contributed by atoms with Crippen molar-refractivity contribution in [2.24, 2.45) is 0 Å². The lowest BCUT2D eigenvalue weighted by Gasteiger charge is -2.05. The van der Waals surface area contributed by atoms with Gasteiger partial charge in [-0.05, 0) is 36.1 Å². The molecule has 0 saturated carbocycles. The Morgan fingerprint density at radius 1 is 1.04 bits per heavy atom. The Hall–Kier alpha value is -3.54. The normalized spacial score (nSPS) is 11.2. The second-order valence-corrected chi connectivity index (χ2v) is 5.99. The summed E-state index contributed by atoms with van der Waals surface area (Å²) in [6.45, 7) is 0.288. The SMILES string of the molecule is O=C(NCc1cccnc1)/C(O)=C/c1cc(CCc2ccccc2)ncn1. The summed E-state index contributed by atoms with van der Waals surface area (Å²) in [6, 6.07) is 15.5. The van der Waals surface area contributed by atoms with Gasteiger partial charge in [-0.3, -0.25) is 9.78 Å². The number of hydrogen-bond donors (Lipinski definition) is 2. The van der Waals surface area contributed by atoms with Gasteiger partial charge in [-0.15, -0.1) is 0 Å². The zero-order valence-corrected chi connectivity index (χ0v) is 14.7. The Bertz CT molecular complexity index is 912. The first-order chi connectivity index (χ1) is 13.2. The van der Waals surface area contributed by atoms with E-state index in [1.165, 1.54) is 18.0 Å². The Labute approximate surface area is 157 Å². The Morgan fingerprint density at radius 2 is 1.85 bits per heavy atom. The lowest BCUT2D eigenvalue weighted by atomic mass is 10.1. The highest BCUT2D eigenvalue weighted by atomic mass is 16.3. The summed E-state index contributed by atoms with van der Waals surface area (Å²) in [7, 11) is 0. The van der Waals surface area contributed by atoms with Crippen LogP contribution in [0, 0.1) is 0 Å². The number of amides is 1.